The molecule has 2 aromatic carbocycles. The largest absolute Gasteiger partial charge is 0.497 e. The van der Waals surface area contributed by atoms with Crippen molar-refractivity contribution in [2.75, 3.05) is 12.0 Å². The van der Waals surface area contributed by atoms with Crippen LogP contribution >= 0.6 is 11.6 Å². The van der Waals surface area contributed by atoms with Crippen molar-refractivity contribution in [3.05, 3.63) is 70.4 Å². The molecule has 0 radical (unpaired) electrons. The average molecular weight is 414 g/mol. The molecule has 5 nitrogen and oxygen atoms in total. The number of rotatable bonds is 5. The number of amides is 1. The normalized spacial score (nSPS) is 19.3. The summed E-state index contributed by atoms with van der Waals surface area (Å²) < 4.78 is 10.8. The Morgan fingerprint density at radius 1 is 1.10 bits per heavy atom. The van der Waals surface area contributed by atoms with Gasteiger partial charge in [-0.3, -0.25) is 9.59 Å². The Kier molecular flexibility index (Phi) is 6.28. The van der Waals surface area contributed by atoms with Crippen LogP contribution in [-0.2, 0) is 14.3 Å². The molecule has 0 N–H and O–H groups in total. The van der Waals surface area contributed by atoms with Crippen molar-refractivity contribution >= 4 is 29.2 Å². The maximum atomic E-state index is 13.4. The number of methoxy groups -OCH3 is 1. The van der Waals surface area contributed by atoms with E-state index in [0.29, 0.717) is 22.1 Å². The Balaban J connectivity index is 2.13. The molecule has 0 saturated heterocycles. The lowest BCUT2D eigenvalue weighted by molar-refractivity contribution is -0.140. The second kappa shape index (κ2) is 8.70. The number of anilines is 1. The highest BCUT2D eigenvalue weighted by Crippen LogP contribution is 2.43. The molecule has 0 fully saturated rings. The molecule has 1 aliphatic rings. The lowest BCUT2D eigenvalue weighted by atomic mass is 9.85. The third-order valence-corrected chi connectivity index (χ3v) is 5.40. The number of carbonyl (C=O) groups excluding carboxylic acids is 2. The van der Waals surface area contributed by atoms with Gasteiger partial charge in [-0.25, -0.2) is 0 Å². The summed E-state index contributed by atoms with van der Waals surface area (Å²) in [5.41, 5.74) is 2.08. The van der Waals surface area contributed by atoms with Crippen LogP contribution in [0.25, 0.3) is 0 Å². The lowest BCUT2D eigenvalue weighted by Gasteiger charge is -2.41. The lowest BCUT2D eigenvalue weighted by Crippen LogP contribution is -2.44. The number of halogens is 1. The highest BCUT2D eigenvalue weighted by Gasteiger charge is 2.41. The minimum Gasteiger partial charge on any atom is -0.497 e. The number of esters is 1. The maximum absolute atomic E-state index is 13.4. The van der Waals surface area contributed by atoms with Crippen LogP contribution in [0, 0.1) is 5.92 Å². The molecule has 3 rings (SSSR count). The molecular weight excluding hydrogens is 390 g/mol. The number of nitrogens with zero attached hydrogens (tertiary/aromatic N) is 1. The number of hydrogen-bond donors (Lipinski definition) is 0. The van der Waals surface area contributed by atoms with Crippen LogP contribution in [0.1, 0.15) is 38.8 Å². The van der Waals surface area contributed by atoms with Crippen LogP contribution in [0.3, 0.4) is 0 Å². The predicted octanol–water partition coefficient (Wildman–Crippen LogP) is 5.30. The van der Waals surface area contributed by atoms with E-state index in [2.05, 4.69) is 0 Å². The molecular formula is C23H24ClNO4. The molecule has 0 saturated carbocycles. The van der Waals surface area contributed by atoms with Crippen molar-refractivity contribution in [1.82, 2.24) is 0 Å². The van der Waals surface area contributed by atoms with E-state index >= 15 is 0 Å². The van der Waals surface area contributed by atoms with E-state index in [0.717, 1.165) is 11.3 Å². The average Bonchev–Trinajstić information content (AvgIpc) is 2.74. The maximum Gasteiger partial charge on any atom is 0.310 e. The minimum atomic E-state index is -0.355. The van der Waals surface area contributed by atoms with E-state index in [-0.39, 0.29) is 30.3 Å². The first-order chi connectivity index (χ1) is 13.9. The van der Waals surface area contributed by atoms with Crippen LogP contribution in [0.2, 0.25) is 5.02 Å². The summed E-state index contributed by atoms with van der Waals surface area (Å²) in [5, 5.41) is 0.615. The Morgan fingerprint density at radius 3 is 2.28 bits per heavy atom. The van der Waals surface area contributed by atoms with Gasteiger partial charge < -0.3 is 14.4 Å². The molecule has 6 heteroatoms. The minimum absolute atomic E-state index is 0.202. The number of hydrogen-bond acceptors (Lipinski definition) is 4. The fourth-order valence-corrected chi connectivity index (χ4v) is 3.73. The van der Waals surface area contributed by atoms with Gasteiger partial charge in [-0.2, -0.15) is 0 Å². The van der Waals surface area contributed by atoms with Crippen molar-refractivity contribution in [3.63, 3.8) is 0 Å². The quantitative estimate of drug-likeness (QED) is 0.624. The van der Waals surface area contributed by atoms with Crippen molar-refractivity contribution < 1.29 is 19.1 Å². The van der Waals surface area contributed by atoms with Gasteiger partial charge in [0.15, 0.2) is 0 Å². The molecule has 0 aromatic heterocycles. The van der Waals surface area contributed by atoms with Crippen LogP contribution < -0.4 is 9.64 Å². The number of ether oxygens (including phenoxy) is 2. The molecule has 0 aliphatic carbocycles. The molecule has 1 amide bonds. The van der Waals surface area contributed by atoms with Gasteiger partial charge in [0.2, 0.25) is 0 Å². The molecule has 2 atom stereocenters. The predicted molar refractivity (Wildman–Crippen MR) is 113 cm³/mol. The Hall–Kier alpha value is -2.79. The van der Waals surface area contributed by atoms with E-state index < -0.39 is 0 Å². The summed E-state index contributed by atoms with van der Waals surface area (Å²) in [6, 6.07) is 14.4. The Labute approximate surface area is 175 Å². The summed E-state index contributed by atoms with van der Waals surface area (Å²) in [5.74, 6) is 0.344. The van der Waals surface area contributed by atoms with Crippen molar-refractivity contribution in [1.29, 1.82) is 0 Å². The zero-order chi connectivity index (χ0) is 21.1. The highest BCUT2D eigenvalue weighted by atomic mass is 35.5. The first-order valence-electron chi connectivity index (χ1n) is 9.51. The Morgan fingerprint density at radius 2 is 1.72 bits per heavy atom. The fraction of sp³-hybridized carbons (Fsp3) is 0.304. The van der Waals surface area contributed by atoms with Crippen molar-refractivity contribution in [2.24, 2.45) is 5.92 Å². The highest BCUT2D eigenvalue weighted by molar-refractivity contribution is 6.30. The van der Waals surface area contributed by atoms with Gasteiger partial charge in [0, 0.05) is 23.0 Å². The van der Waals surface area contributed by atoms with Crippen molar-refractivity contribution in [2.45, 2.75) is 33.2 Å². The third kappa shape index (κ3) is 4.15. The van der Waals surface area contributed by atoms with Gasteiger partial charge in [0.1, 0.15) is 11.5 Å². The molecule has 0 unspecified atom stereocenters. The standard InChI is InChI=1S/C23H24ClNO4/c1-5-20(26)29-22-14(2)21(16-6-8-17(24)9-7-16)25(23(27)15(22)3)18-10-12-19(28-4)13-11-18/h6-14,21H,5H2,1-4H3/t14-,21+/m1/s1. The van der Waals surface area contributed by atoms with Gasteiger partial charge in [0.05, 0.1) is 18.7 Å². The van der Waals surface area contributed by atoms with E-state index in [1.54, 1.807) is 38.0 Å². The zero-order valence-electron chi connectivity index (χ0n) is 16.9. The zero-order valence-corrected chi connectivity index (χ0v) is 17.7. The van der Waals surface area contributed by atoms with Crippen molar-refractivity contribution in [3.8, 4) is 5.75 Å². The second-order valence-electron chi connectivity index (χ2n) is 6.98. The number of carbonyl (C=O) groups is 2. The van der Waals surface area contributed by atoms with Crippen LogP contribution in [-0.4, -0.2) is 19.0 Å². The molecule has 152 valence electrons. The molecule has 1 aliphatic heterocycles. The fourth-order valence-electron chi connectivity index (χ4n) is 3.60. The van der Waals surface area contributed by atoms with E-state index in [4.69, 9.17) is 21.1 Å². The SMILES string of the molecule is CCC(=O)OC1=C(C)C(=O)N(c2ccc(OC)cc2)[C@H](c2ccc(Cl)cc2)[C@H]1C. The molecule has 2 aromatic rings. The first-order valence-corrected chi connectivity index (χ1v) is 9.89. The first kappa shape index (κ1) is 20.9. The molecule has 0 bridgehead atoms. The third-order valence-electron chi connectivity index (χ3n) is 5.15. The second-order valence-corrected chi connectivity index (χ2v) is 7.41. The van der Waals surface area contributed by atoms with Gasteiger partial charge in [-0.1, -0.05) is 37.6 Å². The number of benzene rings is 2. The summed E-state index contributed by atoms with van der Waals surface area (Å²) in [4.78, 5) is 27.1. The smallest absolute Gasteiger partial charge is 0.310 e. The molecule has 29 heavy (non-hydrogen) atoms. The van der Waals surface area contributed by atoms with Gasteiger partial charge >= 0.3 is 5.97 Å². The van der Waals surface area contributed by atoms with E-state index in [1.807, 2.05) is 43.3 Å². The topological polar surface area (TPSA) is 55.8 Å². The summed E-state index contributed by atoms with van der Waals surface area (Å²) >= 11 is 6.07. The van der Waals surface area contributed by atoms with Gasteiger partial charge in [0.25, 0.3) is 5.91 Å². The summed E-state index contributed by atoms with van der Waals surface area (Å²) in [6.07, 6.45) is 0.242. The summed E-state index contributed by atoms with van der Waals surface area (Å²) in [6.45, 7) is 5.39. The molecule has 0 spiro atoms. The monoisotopic (exact) mass is 413 g/mol. The van der Waals surface area contributed by atoms with Crippen LogP contribution in [0.5, 0.6) is 5.75 Å². The van der Waals surface area contributed by atoms with Gasteiger partial charge in [-0.05, 0) is 48.9 Å². The molecule has 1 heterocycles. The van der Waals surface area contributed by atoms with E-state index in [1.165, 1.54) is 0 Å². The van der Waals surface area contributed by atoms with E-state index in [9.17, 15) is 9.59 Å². The van der Waals surface area contributed by atoms with Crippen LogP contribution in [0.4, 0.5) is 5.69 Å². The summed E-state index contributed by atoms with van der Waals surface area (Å²) in [7, 11) is 1.60. The van der Waals surface area contributed by atoms with Gasteiger partial charge in [-0.15, -0.1) is 0 Å². The van der Waals surface area contributed by atoms with Crippen LogP contribution in [0.15, 0.2) is 59.9 Å². The Bertz CT molecular complexity index is 934.